The lowest BCUT2D eigenvalue weighted by Gasteiger charge is -2.17. The minimum atomic E-state index is -3.53. The largest absolute Gasteiger partial charge is 0.377 e. The molecule has 0 fully saturated rings. The molecule has 1 heterocycles. The van der Waals surface area contributed by atoms with Gasteiger partial charge in [-0.15, -0.1) is 0 Å². The molecule has 1 aromatic carbocycles. The predicted octanol–water partition coefficient (Wildman–Crippen LogP) is 5.46. The van der Waals surface area contributed by atoms with Crippen molar-refractivity contribution >= 4 is 30.4 Å². The third-order valence-electron chi connectivity index (χ3n) is 3.76. The van der Waals surface area contributed by atoms with Crippen LogP contribution in [0.2, 0.25) is 5.02 Å². The monoisotopic (exact) mass is 397 g/mol. The smallest absolute Gasteiger partial charge is 0.345 e. The molecule has 26 heavy (non-hydrogen) atoms. The molecule has 0 atom stereocenters. The molecule has 0 aliphatic rings. The molecule has 142 valence electrons. The van der Waals surface area contributed by atoms with Gasteiger partial charge in [0.05, 0.1) is 18.9 Å². The van der Waals surface area contributed by atoms with Crippen LogP contribution in [0.15, 0.2) is 30.3 Å². The summed E-state index contributed by atoms with van der Waals surface area (Å²) in [6.07, 6.45) is 0. The Kier molecular flexibility index (Phi) is 6.51. The molecule has 1 aromatic heterocycles. The number of benzene rings is 1. The highest BCUT2D eigenvalue weighted by Crippen LogP contribution is 2.47. The zero-order chi connectivity index (χ0) is 19.5. The van der Waals surface area contributed by atoms with E-state index in [1.165, 1.54) is 0 Å². The maximum Gasteiger partial charge on any atom is 0.377 e. The lowest BCUT2D eigenvalue weighted by Crippen LogP contribution is -2.22. The van der Waals surface area contributed by atoms with Crippen molar-refractivity contribution in [2.75, 3.05) is 13.2 Å². The summed E-state index contributed by atoms with van der Waals surface area (Å²) in [5, 5.41) is 0.600. The molecule has 0 saturated carbocycles. The van der Waals surface area contributed by atoms with E-state index in [9.17, 15) is 9.36 Å². The Morgan fingerprint density at radius 3 is 2.12 bits per heavy atom. The fourth-order valence-electron chi connectivity index (χ4n) is 2.52. The Morgan fingerprint density at radius 1 is 1.12 bits per heavy atom. The van der Waals surface area contributed by atoms with Crippen LogP contribution < -0.4 is 5.44 Å². The summed E-state index contributed by atoms with van der Waals surface area (Å²) >= 11 is 5.98. The van der Waals surface area contributed by atoms with E-state index in [0.717, 1.165) is 5.56 Å². The number of ketones is 1. The normalized spacial score (nSPS) is 12.4. The van der Waals surface area contributed by atoms with E-state index in [4.69, 9.17) is 20.6 Å². The fraction of sp³-hybridized carbons (Fsp3) is 0.421. The van der Waals surface area contributed by atoms with Crippen molar-refractivity contribution in [2.45, 2.75) is 34.6 Å². The van der Waals surface area contributed by atoms with Gasteiger partial charge in [-0.1, -0.05) is 44.5 Å². The SMILES string of the molecule is CCOP(=O)(OCC)c1cc(-c2ccc(Cl)cc2)c(C(=O)C(C)(C)C)[nH]1. The quantitative estimate of drug-likeness (QED) is 0.498. The molecule has 0 bridgehead atoms. The van der Waals surface area contributed by atoms with Gasteiger partial charge in [-0.2, -0.15) is 0 Å². The molecular formula is C19H25ClNO4P. The topological polar surface area (TPSA) is 68.4 Å². The van der Waals surface area contributed by atoms with Crippen molar-refractivity contribution in [3.05, 3.63) is 41.0 Å². The maximum atomic E-state index is 13.1. The van der Waals surface area contributed by atoms with Crippen molar-refractivity contribution in [3.63, 3.8) is 0 Å². The molecule has 2 rings (SSSR count). The van der Waals surface area contributed by atoms with Crippen molar-refractivity contribution in [2.24, 2.45) is 5.41 Å². The zero-order valence-corrected chi connectivity index (χ0v) is 17.4. The van der Waals surface area contributed by atoms with Gasteiger partial charge in [0.15, 0.2) is 5.78 Å². The van der Waals surface area contributed by atoms with E-state index < -0.39 is 13.0 Å². The van der Waals surface area contributed by atoms with Gasteiger partial charge in [0.1, 0.15) is 5.44 Å². The van der Waals surface area contributed by atoms with Crippen LogP contribution in [0.4, 0.5) is 0 Å². The van der Waals surface area contributed by atoms with Gasteiger partial charge in [-0.3, -0.25) is 9.36 Å². The molecule has 7 heteroatoms. The van der Waals surface area contributed by atoms with Crippen molar-refractivity contribution in [1.82, 2.24) is 4.98 Å². The molecule has 0 amide bonds. The van der Waals surface area contributed by atoms with Gasteiger partial charge in [-0.25, -0.2) is 0 Å². The second-order valence-corrected chi connectivity index (χ2v) is 9.29. The third-order valence-corrected chi connectivity index (χ3v) is 6.04. The maximum absolute atomic E-state index is 13.1. The molecule has 1 N–H and O–H groups in total. The minimum absolute atomic E-state index is 0.0896. The molecule has 0 spiro atoms. The first-order valence-electron chi connectivity index (χ1n) is 8.55. The number of hydrogen-bond acceptors (Lipinski definition) is 4. The van der Waals surface area contributed by atoms with Crippen molar-refractivity contribution in [1.29, 1.82) is 0 Å². The Hall–Kier alpha value is -1.39. The first-order chi connectivity index (χ1) is 12.1. The average molecular weight is 398 g/mol. The Balaban J connectivity index is 2.65. The minimum Gasteiger partial charge on any atom is -0.345 e. The summed E-state index contributed by atoms with van der Waals surface area (Å²) in [6, 6.07) is 8.81. The average Bonchev–Trinajstić information content (AvgIpc) is 3.00. The number of halogens is 1. The molecule has 2 aromatic rings. The highest BCUT2D eigenvalue weighted by Gasteiger charge is 2.34. The number of rotatable bonds is 7. The Morgan fingerprint density at radius 2 is 1.65 bits per heavy atom. The summed E-state index contributed by atoms with van der Waals surface area (Å²) in [7, 11) is -3.53. The first-order valence-corrected chi connectivity index (χ1v) is 10.5. The van der Waals surface area contributed by atoms with E-state index in [1.54, 1.807) is 32.0 Å². The predicted molar refractivity (Wildman–Crippen MR) is 106 cm³/mol. The van der Waals surface area contributed by atoms with Gasteiger partial charge in [-0.05, 0) is 37.6 Å². The number of hydrogen-bond donors (Lipinski definition) is 1. The van der Waals surface area contributed by atoms with Gasteiger partial charge in [0, 0.05) is 16.0 Å². The fourth-order valence-corrected chi connectivity index (χ4v) is 4.21. The lowest BCUT2D eigenvalue weighted by molar-refractivity contribution is 0.0854. The van der Waals surface area contributed by atoms with Crippen molar-refractivity contribution in [3.8, 4) is 11.1 Å². The molecule has 0 aliphatic carbocycles. The van der Waals surface area contributed by atoms with E-state index >= 15 is 0 Å². The molecule has 0 saturated heterocycles. The number of aromatic amines is 1. The molecule has 5 nitrogen and oxygen atoms in total. The van der Waals surface area contributed by atoms with Crippen LogP contribution in [-0.2, 0) is 13.6 Å². The summed E-state index contributed by atoms with van der Waals surface area (Å²) in [5.41, 5.74) is 1.50. The van der Waals surface area contributed by atoms with E-state index in [0.29, 0.717) is 16.3 Å². The molecular weight excluding hydrogens is 373 g/mol. The number of aromatic nitrogens is 1. The lowest BCUT2D eigenvalue weighted by atomic mass is 9.87. The van der Waals surface area contributed by atoms with Crippen LogP contribution in [0, 0.1) is 5.41 Å². The second-order valence-electron chi connectivity index (χ2n) is 6.86. The van der Waals surface area contributed by atoms with Crippen LogP contribution >= 0.6 is 19.2 Å². The third kappa shape index (κ3) is 4.47. The van der Waals surface area contributed by atoms with E-state index in [2.05, 4.69) is 4.98 Å². The highest BCUT2D eigenvalue weighted by molar-refractivity contribution is 7.61. The Labute approximate surface area is 159 Å². The molecule has 0 aliphatic heterocycles. The number of carbonyl (C=O) groups excluding carboxylic acids is 1. The van der Waals surface area contributed by atoms with E-state index in [-0.39, 0.29) is 24.4 Å². The molecule has 0 unspecified atom stereocenters. The van der Waals surface area contributed by atoms with Crippen molar-refractivity contribution < 1.29 is 18.4 Å². The standard InChI is InChI=1S/C19H25ClNO4P/c1-6-24-26(23,25-7-2)16-12-15(13-8-10-14(20)11-9-13)17(21-16)18(22)19(3,4)5/h8-12,21H,6-7H2,1-5H3. The molecule has 0 radical (unpaired) electrons. The van der Waals surface area contributed by atoms with Gasteiger partial charge in [0.2, 0.25) is 0 Å². The van der Waals surface area contributed by atoms with Crippen LogP contribution in [0.1, 0.15) is 45.1 Å². The number of H-pyrrole nitrogens is 1. The van der Waals surface area contributed by atoms with Crippen LogP contribution in [0.5, 0.6) is 0 Å². The summed E-state index contributed by atoms with van der Waals surface area (Å²) < 4.78 is 24.0. The first kappa shape index (κ1) is 20.9. The van der Waals surface area contributed by atoms with Crippen LogP contribution in [0.3, 0.4) is 0 Å². The summed E-state index contributed by atoms with van der Waals surface area (Å²) in [4.78, 5) is 16.0. The van der Waals surface area contributed by atoms with Gasteiger partial charge >= 0.3 is 7.60 Å². The summed E-state index contributed by atoms with van der Waals surface area (Å²) in [5.74, 6) is -0.0896. The number of nitrogens with one attached hydrogen (secondary N) is 1. The van der Waals surface area contributed by atoms with Gasteiger partial charge < -0.3 is 14.0 Å². The number of Topliss-reactive ketones (excluding diaryl/α,β-unsaturated/α-hetero) is 1. The van der Waals surface area contributed by atoms with E-state index in [1.807, 2.05) is 32.9 Å². The van der Waals surface area contributed by atoms with Gasteiger partial charge in [0.25, 0.3) is 0 Å². The Bertz CT molecular complexity index is 811. The highest BCUT2D eigenvalue weighted by atomic mass is 35.5. The number of carbonyl (C=O) groups is 1. The van der Waals surface area contributed by atoms with Crippen LogP contribution in [0.25, 0.3) is 11.1 Å². The summed E-state index contributed by atoms with van der Waals surface area (Å²) in [6.45, 7) is 9.47. The van der Waals surface area contributed by atoms with Crippen LogP contribution in [-0.4, -0.2) is 24.0 Å². The second kappa shape index (κ2) is 8.10. The zero-order valence-electron chi connectivity index (χ0n) is 15.8.